The van der Waals surface area contributed by atoms with Crippen molar-refractivity contribution < 1.29 is 14.6 Å². The number of hydrogen-bond donors (Lipinski definition) is 1. The van der Waals surface area contributed by atoms with Crippen molar-refractivity contribution in [2.24, 2.45) is 0 Å². The zero-order valence-corrected chi connectivity index (χ0v) is 9.50. The summed E-state index contributed by atoms with van der Waals surface area (Å²) in [6.07, 6.45) is 0. The Bertz CT molecular complexity index is 388. The summed E-state index contributed by atoms with van der Waals surface area (Å²) in [5.74, 6) is 0.813. The van der Waals surface area contributed by atoms with Gasteiger partial charge in [0, 0.05) is 13.8 Å². The van der Waals surface area contributed by atoms with Crippen molar-refractivity contribution in [2.45, 2.75) is 39.1 Å². The van der Waals surface area contributed by atoms with Gasteiger partial charge in [0.25, 0.3) is 0 Å². The minimum atomic E-state index is -0.856. The van der Waals surface area contributed by atoms with Gasteiger partial charge in [-0.3, -0.25) is 0 Å². The van der Waals surface area contributed by atoms with E-state index >= 15 is 0 Å². The number of rotatable bonds is 1. The fourth-order valence-electron chi connectivity index (χ4n) is 1.60. The van der Waals surface area contributed by atoms with Crippen LogP contribution in [0.1, 0.15) is 33.3 Å². The van der Waals surface area contributed by atoms with Gasteiger partial charge in [0.2, 0.25) is 5.79 Å². The molecule has 82 valence electrons. The molecule has 0 spiro atoms. The minimum absolute atomic E-state index is 0.611. The highest BCUT2D eigenvalue weighted by Crippen LogP contribution is 2.41. The summed E-state index contributed by atoms with van der Waals surface area (Å²) in [5.41, 5.74) is -0.0342. The van der Waals surface area contributed by atoms with Gasteiger partial charge in [0.1, 0.15) is 0 Å². The summed E-state index contributed by atoms with van der Waals surface area (Å²) in [6, 6.07) is 5.51. The summed E-state index contributed by atoms with van der Waals surface area (Å²) in [7, 11) is 0. The Labute approximate surface area is 89.6 Å². The second-order valence-corrected chi connectivity index (χ2v) is 4.82. The van der Waals surface area contributed by atoms with E-state index in [1.54, 1.807) is 13.8 Å². The van der Waals surface area contributed by atoms with Crippen LogP contribution in [-0.2, 0) is 5.60 Å². The lowest BCUT2D eigenvalue weighted by Crippen LogP contribution is -2.29. The van der Waals surface area contributed by atoms with Gasteiger partial charge in [-0.2, -0.15) is 0 Å². The lowest BCUT2D eigenvalue weighted by molar-refractivity contribution is -0.0432. The summed E-state index contributed by atoms with van der Waals surface area (Å²) in [4.78, 5) is 0. The van der Waals surface area contributed by atoms with Crippen molar-refractivity contribution in [3.63, 3.8) is 0 Å². The first-order valence-corrected chi connectivity index (χ1v) is 5.03. The molecule has 3 heteroatoms. The molecule has 0 radical (unpaired) electrons. The molecule has 1 N–H and O–H groups in total. The fourth-order valence-corrected chi connectivity index (χ4v) is 1.60. The Morgan fingerprint density at radius 1 is 1.13 bits per heavy atom. The van der Waals surface area contributed by atoms with Gasteiger partial charge in [-0.1, -0.05) is 6.07 Å². The molecule has 1 aromatic carbocycles. The van der Waals surface area contributed by atoms with E-state index in [4.69, 9.17) is 9.47 Å². The SMILES string of the molecule is CC1(C)Oc2ccc(C(C)(C)O)cc2O1. The maximum atomic E-state index is 9.85. The van der Waals surface area contributed by atoms with E-state index in [1.165, 1.54) is 0 Å². The minimum Gasteiger partial charge on any atom is -0.449 e. The molecular weight excluding hydrogens is 192 g/mol. The van der Waals surface area contributed by atoms with Gasteiger partial charge in [0.05, 0.1) is 5.60 Å². The maximum absolute atomic E-state index is 9.85. The standard InChI is InChI=1S/C12H16O3/c1-11(2,13)8-5-6-9-10(7-8)15-12(3,4)14-9/h5-7,13H,1-4H3. The van der Waals surface area contributed by atoms with Crippen molar-refractivity contribution in [2.75, 3.05) is 0 Å². The van der Waals surface area contributed by atoms with E-state index in [0.717, 1.165) is 11.3 Å². The highest BCUT2D eigenvalue weighted by atomic mass is 16.7. The average Bonchev–Trinajstić information content (AvgIpc) is 2.34. The van der Waals surface area contributed by atoms with Gasteiger partial charge in [-0.05, 0) is 31.5 Å². The third kappa shape index (κ3) is 1.92. The predicted molar refractivity (Wildman–Crippen MR) is 57.0 cm³/mol. The van der Waals surface area contributed by atoms with E-state index in [0.29, 0.717) is 5.75 Å². The summed E-state index contributed by atoms with van der Waals surface area (Å²) in [6.45, 7) is 7.21. The van der Waals surface area contributed by atoms with Crippen molar-refractivity contribution in [1.82, 2.24) is 0 Å². The molecule has 0 atom stereocenters. The molecule has 1 heterocycles. The molecule has 1 aliphatic heterocycles. The number of benzene rings is 1. The van der Waals surface area contributed by atoms with E-state index in [9.17, 15) is 5.11 Å². The number of ether oxygens (including phenoxy) is 2. The van der Waals surface area contributed by atoms with Crippen LogP contribution in [0.25, 0.3) is 0 Å². The first kappa shape index (κ1) is 10.3. The fraction of sp³-hybridized carbons (Fsp3) is 0.500. The Kier molecular flexibility index (Phi) is 1.98. The van der Waals surface area contributed by atoms with Crippen LogP contribution in [-0.4, -0.2) is 10.9 Å². The molecule has 1 aliphatic rings. The zero-order chi connectivity index (χ0) is 11.3. The highest BCUT2D eigenvalue weighted by Gasteiger charge is 2.32. The molecule has 0 saturated heterocycles. The monoisotopic (exact) mass is 208 g/mol. The van der Waals surface area contributed by atoms with Crippen LogP contribution in [0.3, 0.4) is 0 Å². The Balaban J connectivity index is 2.39. The van der Waals surface area contributed by atoms with Crippen molar-refractivity contribution >= 4 is 0 Å². The average molecular weight is 208 g/mol. The second-order valence-electron chi connectivity index (χ2n) is 4.82. The summed E-state index contributed by atoms with van der Waals surface area (Å²) < 4.78 is 11.2. The van der Waals surface area contributed by atoms with Gasteiger partial charge in [-0.25, -0.2) is 0 Å². The highest BCUT2D eigenvalue weighted by molar-refractivity contribution is 5.46. The summed E-state index contributed by atoms with van der Waals surface area (Å²) >= 11 is 0. The van der Waals surface area contributed by atoms with E-state index < -0.39 is 11.4 Å². The van der Waals surface area contributed by atoms with Crippen LogP contribution in [0.15, 0.2) is 18.2 Å². The van der Waals surface area contributed by atoms with E-state index in [1.807, 2.05) is 32.0 Å². The Morgan fingerprint density at radius 2 is 1.73 bits per heavy atom. The Hall–Kier alpha value is -1.22. The predicted octanol–water partition coefficient (Wildman–Crippen LogP) is 2.42. The first-order valence-electron chi connectivity index (χ1n) is 5.03. The molecule has 2 rings (SSSR count). The van der Waals surface area contributed by atoms with Crippen LogP contribution in [0.2, 0.25) is 0 Å². The van der Waals surface area contributed by atoms with Crippen LogP contribution in [0.5, 0.6) is 11.5 Å². The number of fused-ring (bicyclic) bond motifs is 1. The smallest absolute Gasteiger partial charge is 0.246 e. The van der Waals surface area contributed by atoms with Crippen molar-refractivity contribution in [1.29, 1.82) is 0 Å². The number of hydrogen-bond acceptors (Lipinski definition) is 3. The van der Waals surface area contributed by atoms with Crippen LogP contribution < -0.4 is 9.47 Å². The topological polar surface area (TPSA) is 38.7 Å². The molecule has 0 fully saturated rings. The maximum Gasteiger partial charge on any atom is 0.246 e. The molecule has 15 heavy (non-hydrogen) atoms. The van der Waals surface area contributed by atoms with Gasteiger partial charge in [0.15, 0.2) is 11.5 Å². The number of aliphatic hydroxyl groups is 1. The molecule has 0 amide bonds. The molecule has 3 nitrogen and oxygen atoms in total. The molecular formula is C12H16O3. The molecule has 0 aliphatic carbocycles. The lowest BCUT2D eigenvalue weighted by Gasteiger charge is -2.18. The normalized spacial score (nSPS) is 17.9. The van der Waals surface area contributed by atoms with Gasteiger partial charge < -0.3 is 14.6 Å². The molecule has 0 bridgehead atoms. The second kappa shape index (κ2) is 2.89. The summed E-state index contributed by atoms with van der Waals surface area (Å²) in [5, 5.41) is 9.85. The van der Waals surface area contributed by atoms with Crippen LogP contribution >= 0.6 is 0 Å². The van der Waals surface area contributed by atoms with E-state index in [-0.39, 0.29) is 0 Å². The van der Waals surface area contributed by atoms with Crippen LogP contribution in [0.4, 0.5) is 0 Å². The third-order valence-corrected chi connectivity index (χ3v) is 2.36. The van der Waals surface area contributed by atoms with Crippen molar-refractivity contribution in [3.8, 4) is 11.5 Å². The molecule has 0 aromatic heterocycles. The molecule has 1 aromatic rings. The molecule has 0 unspecified atom stereocenters. The third-order valence-electron chi connectivity index (χ3n) is 2.36. The molecule has 0 saturated carbocycles. The first-order chi connectivity index (χ1) is 6.78. The largest absolute Gasteiger partial charge is 0.449 e. The van der Waals surface area contributed by atoms with Crippen LogP contribution in [0, 0.1) is 0 Å². The van der Waals surface area contributed by atoms with Gasteiger partial charge >= 0.3 is 0 Å². The zero-order valence-electron chi connectivity index (χ0n) is 9.50. The quantitative estimate of drug-likeness (QED) is 0.770. The Morgan fingerprint density at radius 3 is 2.33 bits per heavy atom. The van der Waals surface area contributed by atoms with Crippen molar-refractivity contribution in [3.05, 3.63) is 23.8 Å². The van der Waals surface area contributed by atoms with E-state index in [2.05, 4.69) is 0 Å². The lowest BCUT2D eigenvalue weighted by atomic mass is 9.98. The van der Waals surface area contributed by atoms with Gasteiger partial charge in [-0.15, -0.1) is 0 Å².